The Morgan fingerprint density at radius 1 is 1.38 bits per heavy atom. The molecule has 3 aromatic rings. The molecule has 5 heteroatoms. The zero-order valence-corrected chi connectivity index (χ0v) is 10.4. The third kappa shape index (κ3) is 1.02. The first kappa shape index (κ1) is 8.90. The molecule has 0 fully saturated rings. The van der Waals surface area contributed by atoms with E-state index in [9.17, 15) is 0 Å². The lowest BCUT2D eigenvalue weighted by atomic mass is 10.0. The monoisotopic (exact) mass is 247 g/mol. The van der Waals surface area contributed by atoms with Crippen molar-refractivity contribution in [3.63, 3.8) is 0 Å². The van der Waals surface area contributed by atoms with Gasteiger partial charge in [0.15, 0.2) is 0 Å². The summed E-state index contributed by atoms with van der Waals surface area (Å²) in [5.74, 6) is 0. The van der Waals surface area contributed by atoms with Gasteiger partial charge in [0.25, 0.3) is 0 Å². The second-order valence-corrected chi connectivity index (χ2v) is 6.14. The van der Waals surface area contributed by atoms with Crippen LogP contribution in [-0.4, -0.2) is 14.6 Å². The standard InChI is InChI=1S/C11H9N3S2/c1-6-13-14-8-2-3-9-7(4-5-15-9)10(8)12-11(14)16-6/h4-5H,2-3H2,1H3. The first-order valence-electron chi connectivity index (χ1n) is 5.25. The summed E-state index contributed by atoms with van der Waals surface area (Å²) in [7, 11) is 0. The fourth-order valence-electron chi connectivity index (χ4n) is 2.30. The molecule has 3 nitrogen and oxygen atoms in total. The first-order valence-corrected chi connectivity index (χ1v) is 6.94. The maximum Gasteiger partial charge on any atom is 0.212 e. The molecule has 16 heavy (non-hydrogen) atoms. The van der Waals surface area contributed by atoms with Crippen LogP contribution in [0.5, 0.6) is 0 Å². The normalized spacial score (nSPS) is 14.1. The maximum atomic E-state index is 4.71. The van der Waals surface area contributed by atoms with Crippen molar-refractivity contribution in [2.45, 2.75) is 19.8 Å². The van der Waals surface area contributed by atoms with Crippen molar-refractivity contribution >= 4 is 27.6 Å². The van der Waals surface area contributed by atoms with E-state index in [2.05, 4.69) is 16.5 Å². The second-order valence-electron chi connectivity index (χ2n) is 3.98. The highest BCUT2D eigenvalue weighted by molar-refractivity contribution is 7.16. The van der Waals surface area contributed by atoms with Crippen LogP contribution in [0.4, 0.5) is 0 Å². The van der Waals surface area contributed by atoms with Gasteiger partial charge < -0.3 is 0 Å². The van der Waals surface area contributed by atoms with E-state index in [4.69, 9.17) is 4.98 Å². The van der Waals surface area contributed by atoms with Gasteiger partial charge in [-0.05, 0) is 31.2 Å². The number of hydrogen-bond acceptors (Lipinski definition) is 4. The predicted molar refractivity (Wildman–Crippen MR) is 66.3 cm³/mol. The largest absolute Gasteiger partial charge is 0.217 e. The van der Waals surface area contributed by atoms with Gasteiger partial charge in [-0.3, -0.25) is 0 Å². The van der Waals surface area contributed by atoms with Gasteiger partial charge in [0.1, 0.15) is 5.01 Å². The van der Waals surface area contributed by atoms with Gasteiger partial charge in [-0.25, -0.2) is 9.50 Å². The summed E-state index contributed by atoms with van der Waals surface area (Å²) < 4.78 is 2.02. The van der Waals surface area contributed by atoms with Gasteiger partial charge >= 0.3 is 0 Å². The summed E-state index contributed by atoms with van der Waals surface area (Å²) in [6.45, 7) is 2.03. The maximum absolute atomic E-state index is 4.71. The zero-order valence-electron chi connectivity index (χ0n) is 8.73. The average Bonchev–Trinajstić information content (AvgIpc) is 2.88. The lowest BCUT2D eigenvalue weighted by Gasteiger charge is -2.10. The highest BCUT2D eigenvalue weighted by atomic mass is 32.1. The Kier molecular flexibility index (Phi) is 1.63. The summed E-state index contributed by atoms with van der Waals surface area (Å²) in [5, 5.41) is 7.76. The third-order valence-electron chi connectivity index (χ3n) is 2.99. The van der Waals surface area contributed by atoms with Crippen molar-refractivity contribution in [1.82, 2.24) is 14.6 Å². The van der Waals surface area contributed by atoms with Gasteiger partial charge in [-0.15, -0.1) is 11.3 Å². The number of imidazole rings is 1. The Morgan fingerprint density at radius 2 is 2.31 bits per heavy atom. The van der Waals surface area contributed by atoms with Crippen LogP contribution in [0.15, 0.2) is 11.4 Å². The van der Waals surface area contributed by atoms with Crippen LogP contribution in [0.3, 0.4) is 0 Å². The highest BCUT2D eigenvalue weighted by Crippen LogP contribution is 2.37. The van der Waals surface area contributed by atoms with Gasteiger partial charge in [0.05, 0.1) is 11.4 Å². The predicted octanol–water partition coefficient (Wildman–Crippen LogP) is 2.93. The summed E-state index contributed by atoms with van der Waals surface area (Å²) in [4.78, 5) is 7.21. The number of aromatic nitrogens is 3. The van der Waals surface area contributed by atoms with E-state index in [1.165, 1.54) is 16.1 Å². The smallest absolute Gasteiger partial charge is 0.212 e. The van der Waals surface area contributed by atoms with E-state index in [-0.39, 0.29) is 0 Å². The molecule has 0 atom stereocenters. The van der Waals surface area contributed by atoms with Crippen molar-refractivity contribution in [2.75, 3.05) is 0 Å². The fourth-order valence-corrected chi connectivity index (χ4v) is 3.94. The van der Waals surface area contributed by atoms with Gasteiger partial charge in [-0.1, -0.05) is 11.3 Å². The molecule has 0 spiro atoms. The molecule has 0 aliphatic heterocycles. The van der Waals surface area contributed by atoms with Crippen LogP contribution in [0.25, 0.3) is 16.2 Å². The van der Waals surface area contributed by atoms with Gasteiger partial charge in [-0.2, -0.15) is 5.10 Å². The van der Waals surface area contributed by atoms with Crippen molar-refractivity contribution in [3.05, 3.63) is 27.0 Å². The van der Waals surface area contributed by atoms with Gasteiger partial charge in [0, 0.05) is 10.4 Å². The molecular weight excluding hydrogens is 238 g/mol. The molecule has 0 saturated carbocycles. The number of fused-ring (bicyclic) bond motifs is 5. The number of aryl methyl sites for hydroxylation is 3. The van der Waals surface area contributed by atoms with E-state index in [1.54, 1.807) is 11.3 Å². The number of hydrogen-bond donors (Lipinski definition) is 0. The van der Waals surface area contributed by atoms with E-state index in [0.717, 1.165) is 28.5 Å². The Labute approximate surface area is 100 Å². The van der Waals surface area contributed by atoms with Crippen molar-refractivity contribution in [2.24, 2.45) is 0 Å². The third-order valence-corrected chi connectivity index (χ3v) is 4.79. The number of rotatable bonds is 0. The summed E-state index contributed by atoms with van der Waals surface area (Å²) in [5.41, 5.74) is 3.76. The lowest BCUT2D eigenvalue weighted by molar-refractivity contribution is 0.824. The summed E-state index contributed by atoms with van der Waals surface area (Å²) in [6.07, 6.45) is 2.19. The molecule has 0 amide bonds. The minimum atomic E-state index is 1.03. The van der Waals surface area contributed by atoms with Crippen molar-refractivity contribution in [1.29, 1.82) is 0 Å². The minimum Gasteiger partial charge on any atom is -0.217 e. The molecule has 3 heterocycles. The molecule has 3 aromatic heterocycles. The number of nitrogens with zero attached hydrogens (tertiary/aromatic N) is 3. The Hall–Kier alpha value is -1.20. The molecule has 1 aliphatic carbocycles. The van der Waals surface area contributed by atoms with E-state index >= 15 is 0 Å². The zero-order chi connectivity index (χ0) is 10.7. The SMILES string of the molecule is Cc1nn2c3c(nc2s1)-c1ccsc1CC3. The Bertz CT molecular complexity index is 689. The summed E-state index contributed by atoms with van der Waals surface area (Å²) >= 11 is 3.51. The minimum absolute atomic E-state index is 1.03. The summed E-state index contributed by atoms with van der Waals surface area (Å²) in [6, 6.07) is 2.18. The fraction of sp³-hybridized carbons (Fsp3) is 0.273. The van der Waals surface area contributed by atoms with E-state index in [1.807, 2.05) is 22.8 Å². The molecular formula is C11H9N3S2. The second kappa shape index (κ2) is 2.93. The topological polar surface area (TPSA) is 30.2 Å². The quantitative estimate of drug-likeness (QED) is 0.611. The van der Waals surface area contributed by atoms with E-state index < -0.39 is 0 Å². The van der Waals surface area contributed by atoms with Crippen molar-refractivity contribution in [3.8, 4) is 11.3 Å². The molecule has 0 bridgehead atoms. The van der Waals surface area contributed by atoms with Crippen molar-refractivity contribution < 1.29 is 0 Å². The molecule has 80 valence electrons. The van der Waals surface area contributed by atoms with Gasteiger partial charge in [0.2, 0.25) is 4.96 Å². The molecule has 0 aromatic carbocycles. The Morgan fingerprint density at radius 3 is 3.25 bits per heavy atom. The van der Waals surface area contributed by atoms with E-state index in [0.29, 0.717) is 0 Å². The van der Waals surface area contributed by atoms with Crippen LogP contribution in [-0.2, 0) is 12.8 Å². The average molecular weight is 247 g/mol. The lowest BCUT2D eigenvalue weighted by Crippen LogP contribution is -2.03. The molecule has 4 rings (SSSR count). The molecule has 1 aliphatic rings. The number of thiophene rings is 1. The van der Waals surface area contributed by atoms with Crippen LogP contribution < -0.4 is 0 Å². The highest BCUT2D eigenvalue weighted by Gasteiger charge is 2.23. The van der Waals surface area contributed by atoms with Crippen LogP contribution in [0.1, 0.15) is 15.6 Å². The van der Waals surface area contributed by atoms with Crippen LogP contribution >= 0.6 is 22.7 Å². The van der Waals surface area contributed by atoms with Crippen LogP contribution in [0, 0.1) is 6.92 Å². The Balaban J connectivity index is 2.10. The molecule has 0 radical (unpaired) electrons. The molecule has 0 N–H and O–H groups in total. The van der Waals surface area contributed by atoms with Crippen LogP contribution in [0.2, 0.25) is 0 Å². The molecule has 0 unspecified atom stereocenters. The first-order chi connectivity index (χ1) is 7.83. The molecule has 0 saturated heterocycles.